The van der Waals surface area contributed by atoms with Crippen LogP contribution in [0.3, 0.4) is 0 Å². The molecule has 5 heteroatoms. The van der Waals surface area contributed by atoms with Crippen molar-refractivity contribution in [3.8, 4) is 0 Å². The predicted octanol–water partition coefficient (Wildman–Crippen LogP) is 2.50. The summed E-state index contributed by atoms with van der Waals surface area (Å²) in [5.74, 6) is -0.208. The molecule has 0 aliphatic heterocycles. The maximum atomic E-state index is 11.4. The van der Waals surface area contributed by atoms with Gasteiger partial charge in [0.1, 0.15) is 0 Å². The van der Waals surface area contributed by atoms with Crippen molar-refractivity contribution in [1.29, 1.82) is 0 Å². The van der Waals surface area contributed by atoms with Gasteiger partial charge in [0.25, 0.3) is 0 Å². The van der Waals surface area contributed by atoms with Crippen LogP contribution in [0.1, 0.15) is 21.8 Å². The number of methoxy groups -OCH3 is 1. The van der Waals surface area contributed by atoms with Gasteiger partial charge in [-0.15, -0.1) is 11.3 Å². The lowest BCUT2D eigenvalue weighted by Crippen LogP contribution is -2.18. The summed E-state index contributed by atoms with van der Waals surface area (Å²) in [5.41, 5.74) is 3.28. The molecule has 0 unspecified atom stereocenters. The average Bonchev–Trinajstić information content (AvgIpc) is 2.90. The first-order valence-corrected chi connectivity index (χ1v) is 7.82. The number of aromatic nitrogens is 1. The molecular weight excluding hydrogens is 284 g/mol. The topological polar surface area (TPSA) is 51.2 Å². The number of nitrogens with zero attached hydrogens (tertiary/aromatic N) is 1. The number of carbonyl (C=O) groups is 1. The monoisotopic (exact) mass is 304 g/mol. The molecule has 1 aromatic carbocycles. The van der Waals surface area contributed by atoms with Gasteiger partial charge >= 0.3 is 5.97 Å². The Labute approximate surface area is 129 Å². The molecule has 0 radical (unpaired) electrons. The Morgan fingerprint density at radius 2 is 2.10 bits per heavy atom. The summed E-state index contributed by atoms with van der Waals surface area (Å²) in [6.07, 6.45) is 1.24. The number of esters is 1. The van der Waals surface area contributed by atoms with Gasteiger partial charge in [0, 0.05) is 24.9 Å². The molecule has 0 spiro atoms. The van der Waals surface area contributed by atoms with E-state index in [1.807, 2.05) is 31.2 Å². The van der Waals surface area contributed by atoms with Crippen LogP contribution in [0.15, 0.2) is 29.6 Å². The van der Waals surface area contributed by atoms with Crippen LogP contribution in [0, 0.1) is 6.92 Å². The van der Waals surface area contributed by atoms with Gasteiger partial charge in [-0.05, 0) is 18.1 Å². The van der Waals surface area contributed by atoms with Gasteiger partial charge in [-0.3, -0.25) is 4.79 Å². The number of aryl methyl sites for hydroxylation is 1. The summed E-state index contributed by atoms with van der Waals surface area (Å²) in [6.45, 7) is 3.64. The number of nitrogens with one attached hydrogen (secondary N) is 1. The van der Waals surface area contributed by atoms with Crippen LogP contribution in [0.5, 0.6) is 0 Å². The van der Waals surface area contributed by atoms with E-state index in [2.05, 4.69) is 15.7 Å². The second kappa shape index (κ2) is 7.90. The Hall–Kier alpha value is -1.72. The van der Waals surface area contributed by atoms with Crippen molar-refractivity contribution in [1.82, 2.24) is 10.3 Å². The molecule has 0 saturated heterocycles. The van der Waals surface area contributed by atoms with Crippen LogP contribution >= 0.6 is 11.3 Å². The van der Waals surface area contributed by atoms with Crippen LogP contribution in [0.25, 0.3) is 0 Å². The highest BCUT2D eigenvalue weighted by Crippen LogP contribution is 2.11. The predicted molar refractivity (Wildman–Crippen MR) is 84.4 cm³/mol. The molecule has 0 saturated carbocycles. The highest BCUT2D eigenvalue weighted by Gasteiger charge is 2.07. The number of ether oxygens (including phenoxy) is 1. The first-order valence-electron chi connectivity index (χ1n) is 6.94. The summed E-state index contributed by atoms with van der Waals surface area (Å²) in [6, 6.07) is 7.94. The SMILES string of the molecule is COC(=O)Cc1ccccc1CNCCc1csc(C)n1. The van der Waals surface area contributed by atoms with Gasteiger partial charge in [0.2, 0.25) is 0 Å². The zero-order valence-electron chi connectivity index (χ0n) is 12.4. The van der Waals surface area contributed by atoms with Gasteiger partial charge in [-0.1, -0.05) is 24.3 Å². The quantitative estimate of drug-likeness (QED) is 0.631. The van der Waals surface area contributed by atoms with Gasteiger partial charge in [-0.25, -0.2) is 4.98 Å². The van der Waals surface area contributed by atoms with Crippen molar-refractivity contribution in [2.45, 2.75) is 26.3 Å². The Morgan fingerprint density at radius 3 is 2.76 bits per heavy atom. The summed E-state index contributed by atoms with van der Waals surface area (Å²) in [5, 5.41) is 6.61. The van der Waals surface area contributed by atoms with Crippen molar-refractivity contribution < 1.29 is 9.53 Å². The molecule has 1 heterocycles. The zero-order chi connectivity index (χ0) is 15.1. The molecule has 0 atom stereocenters. The normalized spacial score (nSPS) is 10.6. The van der Waals surface area contributed by atoms with E-state index in [-0.39, 0.29) is 5.97 Å². The molecule has 0 aliphatic rings. The lowest BCUT2D eigenvalue weighted by Gasteiger charge is -2.09. The molecule has 112 valence electrons. The van der Waals surface area contributed by atoms with Gasteiger partial charge in [-0.2, -0.15) is 0 Å². The fraction of sp³-hybridized carbons (Fsp3) is 0.375. The third-order valence-corrected chi connectivity index (χ3v) is 4.04. The molecule has 1 aromatic heterocycles. The fourth-order valence-corrected chi connectivity index (χ4v) is 2.74. The summed E-state index contributed by atoms with van der Waals surface area (Å²) < 4.78 is 4.73. The van der Waals surface area contributed by atoms with E-state index in [1.54, 1.807) is 11.3 Å². The molecular formula is C16H20N2O2S. The zero-order valence-corrected chi connectivity index (χ0v) is 13.2. The van der Waals surface area contributed by atoms with Crippen molar-refractivity contribution in [3.05, 3.63) is 51.5 Å². The Balaban J connectivity index is 1.83. The van der Waals surface area contributed by atoms with Crippen LogP contribution < -0.4 is 5.32 Å². The molecule has 21 heavy (non-hydrogen) atoms. The maximum Gasteiger partial charge on any atom is 0.309 e. The molecule has 1 N–H and O–H groups in total. The highest BCUT2D eigenvalue weighted by molar-refractivity contribution is 7.09. The molecule has 0 bridgehead atoms. The number of rotatable bonds is 7. The summed E-state index contributed by atoms with van der Waals surface area (Å²) >= 11 is 1.68. The van der Waals surface area contributed by atoms with Crippen molar-refractivity contribution in [2.24, 2.45) is 0 Å². The van der Waals surface area contributed by atoms with E-state index in [0.717, 1.165) is 41.3 Å². The minimum absolute atomic E-state index is 0.208. The highest BCUT2D eigenvalue weighted by atomic mass is 32.1. The average molecular weight is 304 g/mol. The van der Waals surface area contributed by atoms with E-state index in [9.17, 15) is 4.79 Å². The van der Waals surface area contributed by atoms with E-state index >= 15 is 0 Å². The smallest absolute Gasteiger partial charge is 0.309 e. The number of carbonyl (C=O) groups excluding carboxylic acids is 1. The van der Waals surface area contributed by atoms with Crippen molar-refractivity contribution in [2.75, 3.05) is 13.7 Å². The van der Waals surface area contributed by atoms with E-state index in [0.29, 0.717) is 6.42 Å². The van der Waals surface area contributed by atoms with Gasteiger partial charge < -0.3 is 10.1 Å². The van der Waals surface area contributed by atoms with Crippen molar-refractivity contribution in [3.63, 3.8) is 0 Å². The summed E-state index contributed by atoms with van der Waals surface area (Å²) in [7, 11) is 1.42. The minimum Gasteiger partial charge on any atom is -0.469 e. The molecule has 2 aromatic rings. The first kappa shape index (κ1) is 15.7. The second-order valence-corrected chi connectivity index (χ2v) is 5.87. The van der Waals surface area contributed by atoms with E-state index in [1.165, 1.54) is 7.11 Å². The Morgan fingerprint density at radius 1 is 1.33 bits per heavy atom. The largest absolute Gasteiger partial charge is 0.469 e. The standard InChI is InChI=1S/C16H20N2O2S/c1-12-18-15(11-21-12)7-8-17-10-14-6-4-3-5-13(14)9-16(19)20-2/h3-6,11,17H,7-10H2,1-2H3. The molecule has 0 aliphatic carbocycles. The van der Waals surface area contributed by atoms with Gasteiger partial charge in [0.05, 0.1) is 24.2 Å². The molecule has 0 amide bonds. The Kier molecular flexibility index (Phi) is 5.90. The van der Waals surface area contributed by atoms with E-state index in [4.69, 9.17) is 4.74 Å². The van der Waals surface area contributed by atoms with Gasteiger partial charge in [0.15, 0.2) is 0 Å². The lowest BCUT2D eigenvalue weighted by atomic mass is 10.0. The maximum absolute atomic E-state index is 11.4. The number of thiazole rings is 1. The lowest BCUT2D eigenvalue weighted by molar-refractivity contribution is -0.139. The molecule has 4 nitrogen and oxygen atoms in total. The third-order valence-electron chi connectivity index (χ3n) is 3.22. The number of hydrogen-bond acceptors (Lipinski definition) is 5. The van der Waals surface area contributed by atoms with Crippen LogP contribution in [-0.4, -0.2) is 24.6 Å². The van der Waals surface area contributed by atoms with Crippen LogP contribution in [0.2, 0.25) is 0 Å². The molecule has 2 rings (SSSR count). The first-order chi connectivity index (χ1) is 10.2. The number of hydrogen-bond donors (Lipinski definition) is 1. The second-order valence-electron chi connectivity index (χ2n) is 4.81. The van der Waals surface area contributed by atoms with Crippen LogP contribution in [0.4, 0.5) is 0 Å². The number of benzene rings is 1. The van der Waals surface area contributed by atoms with E-state index < -0.39 is 0 Å². The summed E-state index contributed by atoms with van der Waals surface area (Å²) in [4.78, 5) is 15.8. The third kappa shape index (κ3) is 4.95. The van der Waals surface area contributed by atoms with Crippen molar-refractivity contribution >= 4 is 17.3 Å². The molecule has 0 fully saturated rings. The van der Waals surface area contributed by atoms with Crippen LogP contribution in [-0.2, 0) is 28.9 Å². The minimum atomic E-state index is -0.208. The Bertz CT molecular complexity index is 595. The fourth-order valence-electron chi connectivity index (χ4n) is 2.09.